The van der Waals surface area contributed by atoms with Crippen LogP contribution in [-0.2, 0) is 33.5 Å². The molecule has 4 N–H and O–H groups in total. The van der Waals surface area contributed by atoms with Crippen molar-refractivity contribution in [3.8, 4) is 0 Å². The van der Waals surface area contributed by atoms with Gasteiger partial charge in [0.25, 0.3) is 5.91 Å². The molecule has 266 valence electrons. The lowest BCUT2D eigenvalue weighted by Crippen LogP contribution is -2.55. The SMILES string of the molecule is CCC(C)CC(NC(=O)C1C[C@@H](CC)CN1C(=O)CNC(=O)OC(C)(C)C)C(=O)C(=O)NCC(=O)NC(C(=O)N(C)C)c1ccccc1. The Morgan fingerprint density at radius 2 is 1.60 bits per heavy atom. The molecule has 0 saturated carbocycles. The molecule has 6 amide bonds. The third-order valence-electron chi connectivity index (χ3n) is 8.10. The summed E-state index contributed by atoms with van der Waals surface area (Å²) in [5.41, 5.74) is -0.201. The minimum Gasteiger partial charge on any atom is -0.444 e. The number of amides is 6. The van der Waals surface area contributed by atoms with Crippen LogP contribution in [0.15, 0.2) is 30.3 Å². The predicted octanol–water partition coefficient (Wildman–Crippen LogP) is 1.69. The molecule has 14 nitrogen and oxygen atoms in total. The van der Waals surface area contributed by atoms with E-state index in [4.69, 9.17) is 4.74 Å². The molecule has 1 heterocycles. The van der Waals surface area contributed by atoms with E-state index in [1.165, 1.54) is 9.80 Å². The number of likely N-dealkylation sites (tertiary alicyclic amines) is 1. The molecule has 2 rings (SSSR count). The zero-order chi connectivity index (χ0) is 36.2. The number of hydrogen-bond donors (Lipinski definition) is 4. The molecule has 1 fully saturated rings. The van der Waals surface area contributed by atoms with Crippen LogP contribution in [0.3, 0.4) is 0 Å². The standard InChI is InChI=1S/C34H52N6O8/c1-9-21(3)16-24(29(43)31(45)35-18-26(41)38-28(32(46)39(7)8)23-14-12-11-13-15-23)37-30(44)25-17-22(10-2)20-40(25)27(42)19-36-33(47)48-34(4,5)6/h11-15,21-22,24-25,28H,9-10,16-20H2,1-8H3,(H,35,45)(H,36,47)(H,37,44)(H,38,41)/t21?,22-,24?,25?,28?/m1/s1. The lowest BCUT2D eigenvalue weighted by Gasteiger charge is -2.27. The van der Waals surface area contributed by atoms with Crippen LogP contribution in [0, 0.1) is 11.8 Å². The first kappa shape index (κ1) is 39.7. The number of ether oxygens (including phenoxy) is 1. The monoisotopic (exact) mass is 672 g/mol. The van der Waals surface area contributed by atoms with Crippen molar-refractivity contribution in [3.63, 3.8) is 0 Å². The van der Waals surface area contributed by atoms with Gasteiger partial charge >= 0.3 is 6.09 Å². The summed E-state index contributed by atoms with van der Waals surface area (Å²) in [5.74, 6) is -4.15. The summed E-state index contributed by atoms with van der Waals surface area (Å²) >= 11 is 0. The van der Waals surface area contributed by atoms with Gasteiger partial charge in [0.1, 0.15) is 24.2 Å². The van der Waals surface area contributed by atoms with Crippen LogP contribution < -0.4 is 21.3 Å². The Hall–Kier alpha value is -4.49. The second-order valence-corrected chi connectivity index (χ2v) is 13.4. The fraction of sp³-hybridized carbons (Fsp3) is 0.618. The molecule has 0 bridgehead atoms. The predicted molar refractivity (Wildman–Crippen MR) is 178 cm³/mol. The molecule has 0 aliphatic carbocycles. The van der Waals surface area contributed by atoms with Crippen LogP contribution in [-0.4, -0.2) is 103 Å². The lowest BCUT2D eigenvalue weighted by molar-refractivity contribution is -0.142. The summed E-state index contributed by atoms with van der Waals surface area (Å²) in [5, 5.41) is 10.0. The number of ketones is 1. The van der Waals surface area contributed by atoms with E-state index in [2.05, 4.69) is 21.3 Å². The van der Waals surface area contributed by atoms with E-state index in [1.54, 1.807) is 65.2 Å². The van der Waals surface area contributed by atoms with Crippen molar-refractivity contribution in [2.45, 2.75) is 91.0 Å². The minimum atomic E-state index is -1.21. The molecular weight excluding hydrogens is 620 g/mol. The molecule has 1 saturated heterocycles. The number of carbonyl (C=O) groups excluding carboxylic acids is 7. The quantitative estimate of drug-likeness (QED) is 0.203. The number of rotatable bonds is 15. The fourth-order valence-corrected chi connectivity index (χ4v) is 5.18. The Labute approximate surface area is 283 Å². The normalized spacial score (nSPS) is 17.7. The summed E-state index contributed by atoms with van der Waals surface area (Å²) in [7, 11) is 3.11. The third-order valence-corrected chi connectivity index (χ3v) is 8.10. The number of benzene rings is 1. The van der Waals surface area contributed by atoms with Crippen LogP contribution in [0.4, 0.5) is 4.79 Å². The average molecular weight is 673 g/mol. The van der Waals surface area contributed by atoms with Crippen molar-refractivity contribution in [2.75, 3.05) is 33.7 Å². The van der Waals surface area contributed by atoms with Crippen molar-refractivity contribution < 1.29 is 38.3 Å². The van der Waals surface area contributed by atoms with E-state index in [0.717, 1.165) is 0 Å². The van der Waals surface area contributed by atoms with Crippen LogP contribution in [0.2, 0.25) is 0 Å². The van der Waals surface area contributed by atoms with Crippen LogP contribution in [0.5, 0.6) is 0 Å². The molecule has 5 atom stereocenters. The highest BCUT2D eigenvalue weighted by Crippen LogP contribution is 2.26. The highest BCUT2D eigenvalue weighted by molar-refractivity contribution is 6.38. The highest BCUT2D eigenvalue weighted by atomic mass is 16.6. The molecule has 1 aromatic rings. The van der Waals surface area contributed by atoms with E-state index < -0.39 is 65.8 Å². The van der Waals surface area contributed by atoms with Crippen LogP contribution >= 0.6 is 0 Å². The first-order valence-electron chi connectivity index (χ1n) is 16.4. The van der Waals surface area contributed by atoms with E-state index in [-0.39, 0.29) is 30.7 Å². The number of likely N-dealkylation sites (N-methyl/N-ethyl adjacent to an activating group) is 1. The summed E-state index contributed by atoms with van der Waals surface area (Å²) in [4.78, 5) is 93.5. The van der Waals surface area contributed by atoms with E-state index in [1.807, 2.05) is 20.8 Å². The summed E-state index contributed by atoms with van der Waals surface area (Å²) in [6.07, 6.45) is 1.13. The van der Waals surface area contributed by atoms with Crippen molar-refractivity contribution >= 4 is 41.4 Å². The molecule has 0 spiro atoms. The van der Waals surface area contributed by atoms with Gasteiger partial charge < -0.3 is 35.8 Å². The van der Waals surface area contributed by atoms with E-state index >= 15 is 0 Å². The van der Waals surface area contributed by atoms with Crippen molar-refractivity contribution in [2.24, 2.45) is 11.8 Å². The van der Waals surface area contributed by atoms with Gasteiger partial charge in [0.05, 0.1) is 12.6 Å². The topological polar surface area (TPSA) is 183 Å². The fourth-order valence-electron chi connectivity index (χ4n) is 5.18. The van der Waals surface area contributed by atoms with Crippen molar-refractivity contribution in [1.82, 2.24) is 31.1 Å². The molecule has 1 aliphatic heterocycles. The number of hydrogen-bond acceptors (Lipinski definition) is 8. The maximum absolute atomic E-state index is 13.6. The molecule has 0 aromatic heterocycles. The molecule has 1 aliphatic rings. The van der Waals surface area contributed by atoms with Crippen molar-refractivity contribution in [3.05, 3.63) is 35.9 Å². The molecule has 4 unspecified atom stereocenters. The van der Waals surface area contributed by atoms with Gasteiger partial charge in [-0.15, -0.1) is 0 Å². The third kappa shape index (κ3) is 12.3. The summed E-state index contributed by atoms with van der Waals surface area (Å²) in [6, 6.07) is 5.50. The first-order chi connectivity index (χ1) is 22.5. The molecule has 0 radical (unpaired) electrons. The maximum atomic E-state index is 13.6. The van der Waals surface area contributed by atoms with Gasteiger partial charge in [0.15, 0.2) is 0 Å². The number of Topliss-reactive ketones (excluding diaryl/α,β-unsaturated/α-hetero) is 1. The highest BCUT2D eigenvalue weighted by Gasteiger charge is 2.40. The van der Waals surface area contributed by atoms with Crippen LogP contribution in [0.1, 0.15) is 78.8 Å². The first-order valence-corrected chi connectivity index (χ1v) is 16.4. The zero-order valence-corrected chi connectivity index (χ0v) is 29.4. The van der Waals surface area contributed by atoms with Gasteiger partial charge in [-0.2, -0.15) is 0 Å². The van der Waals surface area contributed by atoms with Gasteiger partial charge in [0, 0.05) is 20.6 Å². The molecular formula is C34H52N6O8. The Balaban J connectivity index is 2.11. The Morgan fingerprint density at radius 1 is 0.958 bits per heavy atom. The molecule has 48 heavy (non-hydrogen) atoms. The zero-order valence-electron chi connectivity index (χ0n) is 29.4. The Kier molecular flexibility index (Phi) is 15.0. The minimum absolute atomic E-state index is 0.0239. The molecule has 1 aromatic carbocycles. The lowest BCUT2D eigenvalue weighted by atomic mass is 9.95. The van der Waals surface area contributed by atoms with Gasteiger partial charge in [0.2, 0.25) is 29.4 Å². The largest absolute Gasteiger partial charge is 0.444 e. The second kappa shape index (κ2) is 18.2. The Morgan fingerprint density at radius 3 is 2.17 bits per heavy atom. The summed E-state index contributed by atoms with van der Waals surface area (Å²) in [6.45, 7) is 10.2. The number of carbonyl (C=O) groups is 7. The number of nitrogens with one attached hydrogen (secondary N) is 4. The van der Waals surface area contributed by atoms with Crippen molar-refractivity contribution in [1.29, 1.82) is 0 Å². The van der Waals surface area contributed by atoms with E-state index in [9.17, 15) is 33.6 Å². The Bertz CT molecular complexity index is 1310. The summed E-state index contributed by atoms with van der Waals surface area (Å²) < 4.78 is 5.19. The number of nitrogens with zero attached hydrogens (tertiary/aromatic N) is 2. The molecule has 14 heteroatoms. The average Bonchev–Trinajstić information content (AvgIpc) is 3.48. The van der Waals surface area contributed by atoms with Crippen LogP contribution in [0.25, 0.3) is 0 Å². The van der Waals surface area contributed by atoms with Gasteiger partial charge in [-0.3, -0.25) is 28.8 Å². The maximum Gasteiger partial charge on any atom is 0.408 e. The second-order valence-electron chi connectivity index (χ2n) is 13.4. The number of alkyl carbamates (subject to hydrolysis) is 1. The van der Waals surface area contributed by atoms with Gasteiger partial charge in [-0.1, -0.05) is 63.9 Å². The van der Waals surface area contributed by atoms with Gasteiger partial charge in [-0.05, 0) is 51.0 Å². The smallest absolute Gasteiger partial charge is 0.408 e. The van der Waals surface area contributed by atoms with Gasteiger partial charge in [-0.25, -0.2) is 4.79 Å². The van der Waals surface area contributed by atoms with E-state index in [0.29, 0.717) is 31.4 Å².